The molecule has 2 aliphatic rings. The van der Waals surface area contributed by atoms with E-state index in [2.05, 4.69) is 26.2 Å². The second-order valence-corrected chi connectivity index (χ2v) is 11.4. The summed E-state index contributed by atoms with van der Waals surface area (Å²) in [6.45, 7) is 11.6. The van der Waals surface area contributed by atoms with Gasteiger partial charge in [0.25, 0.3) is 10.0 Å². The average Bonchev–Trinajstić information content (AvgIpc) is 2.93. The Kier molecular flexibility index (Phi) is 9.76. The third-order valence-electron chi connectivity index (χ3n) is 6.44. The van der Waals surface area contributed by atoms with Gasteiger partial charge in [-0.3, -0.25) is 9.62 Å². The zero-order valence-electron chi connectivity index (χ0n) is 23.6. The zero-order valence-corrected chi connectivity index (χ0v) is 24.4. The summed E-state index contributed by atoms with van der Waals surface area (Å²) in [6, 6.07) is 3.70. The molecule has 0 atom stereocenters. The summed E-state index contributed by atoms with van der Waals surface area (Å²) < 4.78 is 73.0. The number of nitrogens with one attached hydrogen (secondary N) is 1. The Bertz CT molecular complexity index is 1590. The van der Waals surface area contributed by atoms with Gasteiger partial charge >= 0.3 is 0 Å². The van der Waals surface area contributed by atoms with Crippen molar-refractivity contribution >= 4 is 27.0 Å². The second-order valence-electron chi connectivity index (χ2n) is 9.74. The maximum atomic E-state index is 14.3. The molecule has 0 spiro atoms. The minimum atomic E-state index is -4.46. The summed E-state index contributed by atoms with van der Waals surface area (Å²) in [5.74, 6) is -1.61. The number of aromatic nitrogens is 1. The van der Waals surface area contributed by atoms with Crippen LogP contribution in [0.4, 0.5) is 14.5 Å². The van der Waals surface area contributed by atoms with E-state index < -0.39 is 26.6 Å². The Morgan fingerprint density at radius 3 is 2.60 bits per heavy atom. The number of anilines is 1. The third kappa shape index (κ3) is 7.41. The molecule has 42 heavy (non-hydrogen) atoms. The lowest BCUT2D eigenvalue weighted by atomic mass is 9.92. The van der Waals surface area contributed by atoms with Crippen molar-refractivity contribution in [2.45, 2.75) is 18.7 Å². The van der Waals surface area contributed by atoms with E-state index in [9.17, 15) is 17.2 Å². The van der Waals surface area contributed by atoms with Crippen LogP contribution in [0, 0.1) is 11.6 Å². The number of nitrogens with zero attached hydrogens (tertiary/aromatic N) is 3. The number of morpholine rings is 1. The van der Waals surface area contributed by atoms with Crippen LogP contribution in [0.5, 0.6) is 5.88 Å². The molecule has 1 aromatic heterocycles. The van der Waals surface area contributed by atoms with Gasteiger partial charge in [0.05, 0.1) is 20.3 Å². The smallest absolute Gasteiger partial charge is 0.264 e. The largest absolute Gasteiger partial charge is 0.490 e. The molecule has 1 aliphatic carbocycles. The number of nitrogens with two attached hydrogens (primary N) is 1. The van der Waals surface area contributed by atoms with Crippen molar-refractivity contribution in [3.05, 3.63) is 89.1 Å². The molecule has 10 nitrogen and oxygen atoms in total. The van der Waals surface area contributed by atoms with Crippen LogP contribution in [0.2, 0.25) is 0 Å². The third-order valence-corrected chi connectivity index (χ3v) is 7.84. The number of methoxy groups -OCH3 is 1. The first kappa shape index (κ1) is 30.9. The second kappa shape index (κ2) is 13.3. The first-order valence-electron chi connectivity index (χ1n) is 13.1. The van der Waals surface area contributed by atoms with Crippen LogP contribution < -0.4 is 15.2 Å². The molecule has 4 rings (SSSR count). The summed E-state index contributed by atoms with van der Waals surface area (Å²) in [4.78, 5) is 10.2. The van der Waals surface area contributed by atoms with Crippen molar-refractivity contribution in [2.24, 2.45) is 10.7 Å². The van der Waals surface area contributed by atoms with E-state index >= 15 is 0 Å². The van der Waals surface area contributed by atoms with Gasteiger partial charge in [0.15, 0.2) is 0 Å². The quantitative estimate of drug-likeness (QED) is 0.418. The fourth-order valence-electron chi connectivity index (χ4n) is 4.37. The first-order chi connectivity index (χ1) is 20.0. The molecule has 2 aromatic rings. The molecule has 2 heterocycles. The molecule has 13 heteroatoms. The van der Waals surface area contributed by atoms with Gasteiger partial charge in [-0.1, -0.05) is 12.2 Å². The van der Waals surface area contributed by atoms with Gasteiger partial charge in [-0.15, -0.1) is 0 Å². The SMILES string of the molecule is C=C(N)/N=C1/C(OCCN2CCOCC2)=CC(c2cnc(OC)c(NS(=O)(=O)c3ccc(F)cc3F)c2)=CC1=C(C)C. The number of benzene rings is 1. The molecule has 0 radical (unpaired) electrons. The van der Waals surface area contributed by atoms with Gasteiger partial charge in [0.1, 0.15) is 46.1 Å². The summed E-state index contributed by atoms with van der Waals surface area (Å²) in [6.07, 6.45) is 5.12. The monoisotopic (exact) mass is 601 g/mol. The molecule has 1 saturated heterocycles. The first-order valence-corrected chi connectivity index (χ1v) is 14.6. The van der Waals surface area contributed by atoms with E-state index in [1.54, 1.807) is 6.08 Å². The van der Waals surface area contributed by atoms with Crippen LogP contribution in [-0.2, 0) is 19.5 Å². The van der Waals surface area contributed by atoms with Crippen LogP contribution >= 0.6 is 0 Å². The molecule has 0 unspecified atom stereocenters. The van der Waals surface area contributed by atoms with Crippen molar-refractivity contribution in [3.63, 3.8) is 0 Å². The minimum Gasteiger partial charge on any atom is -0.490 e. The molecular weight excluding hydrogens is 568 g/mol. The highest BCUT2D eigenvalue weighted by atomic mass is 32.2. The van der Waals surface area contributed by atoms with Crippen molar-refractivity contribution in [2.75, 3.05) is 51.3 Å². The van der Waals surface area contributed by atoms with Crippen molar-refractivity contribution in [3.8, 4) is 5.88 Å². The number of ether oxygens (including phenoxy) is 3. The number of hydrogen-bond donors (Lipinski definition) is 2. The van der Waals surface area contributed by atoms with Gasteiger partial charge in [-0.25, -0.2) is 27.2 Å². The Labute approximate surface area is 243 Å². The Hall–Kier alpha value is -4.07. The van der Waals surface area contributed by atoms with Gasteiger partial charge < -0.3 is 19.9 Å². The van der Waals surface area contributed by atoms with Crippen molar-refractivity contribution in [1.29, 1.82) is 0 Å². The Morgan fingerprint density at radius 1 is 1.21 bits per heavy atom. The van der Waals surface area contributed by atoms with E-state index in [-0.39, 0.29) is 17.4 Å². The minimum absolute atomic E-state index is 0.0450. The summed E-state index contributed by atoms with van der Waals surface area (Å²) in [5, 5.41) is 0. The molecule has 0 saturated carbocycles. The zero-order chi connectivity index (χ0) is 30.4. The van der Waals surface area contributed by atoms with E-state index in [4.69, 9.17) is 19.9 Å². The van der Waals surface area contributed by atoms with E-state index in [1.165, 1.54) is 19.4 Å². The summed E-state index contributed by atoms with van der Waals surface area (Å²) in [5.41, 5.74) is 9.13. The highest BCUT2D eigenvalue weighted by Gasteiger charge is 2.25. The lowest BCUT2D eigenvalue weighted by molar-refractivity contribution is 0.0284. The maximum absolute atomic E-state index is 14.3. The number of hydrogen-bond acceptors (Lipinski definition) is 9. The van der Waals surface area contributed by atoms with Crippen LogP contribution in [0.1, 0.15) is 19.4 Å². The van der Waals surface area contributed by atoms with Crippen LogP contribution in [0.25, 0.3) is 5.57 Å². The van der Waals surface area contributed by atoms with Gasteiger partial charge in [-0.2, -0.15) is 0 Å². The molecular formula is C29H33F2N5O5S. The normalized spacial score (nSPS) is 17.0. The highest BCUT2D eigenvalue weighted by Crippen LogP contribution is 2.34. The molecule has 1 aromatic carbocycles. The maximum Gasteiger partial charge on any atom is 0.264 e. The van der Waals surface area contributed by atoms with Crippen LogP contribution in [-0.4, -0.2) is 70.6 Å². The topological polar surface area (TPSA) is 128 Å². The Balaban J connectivity index is 1.71. The number of rotatable bonds is 10. The molecule has 0 amide bonds. The van der Waals surface area contributed by atoms with Gasteiger partial charge in [0.2, 0.25) is 5.88 Å². The lowest BCUT2D eigenvalue weighted by Gasteiger charge is -2.27. The standard InChI is InChI=1S/C29H33F2N5O5S/c1-18(2)23-13-20(15-26(28(23)34-19(3)32)41-12-9-36-7-10-40-11-8-36)21-14-25(29(39-4)33-17-21)35-42(37,38)27-6-5-22(30)16-24(27)31/h5-6,13-17,35H,3,7-12,32H2,1-2,4H3/b34-28+. The predicted molar refractivity (Wildman–Crippen MR) is 156 cm³/mol. The van der Waals surface area contributed by atoms with E-state index in [1.807, 2.05) is 19.9 Å². The molecule has 3 N–H and O–H groups in total. The molecule has 1 fully saturated rings. The fourth-order valence-corrected chi connectivity index (χ4v) is 5.48. The van der Waals surface area contributed by atoms with Crippen LogP contribution in [0.15, 0.2) is 81.8 Å². The number of aliphatic imine (C=N–C) groups is 1. The van der Waals surface area contributed by atoms with E-state index in [0.29, 0.717) is 55.0 Å². The van der Waals surface area contributed by atoms with Crippen molar-refractivity contribution in [1.82, 2.24) is 9.88 Å². The van der Waals surface area contributed by atoms with Gasteiger partial charge in [-0.05, 0) is 49.8 Å². The number of allylic oxidation sites excluding steroid dienone is 5. The van der Waals surface area contributed by atoms with E-state index in [0.717, 1.165) is 36.4 Å². The predicted octanol–water partition coefficient (Wildman–Crippen LogP) is 4.01. The number of sulfonamides is 1. The molecule has 224 valence electrons. The fraction of sp³-hybridized carbons (Fsp3) is 0.310. The molecule has 0 bridgehead atoms. The summed E-state index contributed by atoms with van der Waals surface area (Å²) in [7, 11) is -3.14. The van der Waals surface area contributed by atoms with Crippen LogP contribution in [0.3, 0.4) is 0 Å². The Morgan fingerprint density at radius 2 is 1.95 bits per heavy atom. The van der Waals surface area contributed by atoms with Gasteiger partial charge in [0, 0.05) is 43.0 Å². The average molecular weight is 602 g/mol. The number of pyridine rings is 1. The number of halogens is 2. The molecule has 1 aliphatic heterocycles. The lowest BCUT2D eigenvalue weighted by Crippen LogP contribution is -2.38. The van der Waals surface area contributed by atoms with Crippen molar-refractivity contribution < 1.29 is 31.4 Å². The summed E-state index contributed by atoms with van der Waals surface area (Å²) >= 11 is 0. The highest BCUT2D eigenvalue weighted by molar-refractivity contribution is 7.92.